The highest BCUT2D eigenvalue weighted by Gasteiger charge is 2.17. The third-order valence-electron chi connectivity index (χ3n) is 3.72. The van der Waals surface area contributed by atoms with Crippen molar-refractivity contribution < 1.29 is 4.79 Å². The molecule has 3 heterocycles. The maximum Gasteiger partial charge on any atom is 0.254 e. The zero-order valence-electron chi connectivity index (χ0n) is 12.0. The number of hydrogen-bond acceptors (Lipinski definition) is 5. The zero-order valence-corrected chi connectivity index (χ0v) is 12.8. The van der Waals surface area contributed by atoms with Gasteiger partial charge in [0.25, 0.3) is 5.91 Å². The van der Waals surface area contributed by atoms with Gasteiger partial charge in [0.1, 0.15) is 11.9 Å². The summed E-state index contributed by atoms with van der Waals surface area (Å²) < 4.78 is 0. The quantitative estimate of drug-likeness (QED) is 0.942. The van der Waals surface area contributed by atoms with Gasteiger partial charge in [-0.2, -0.15) is 16.6 Å². The third kappa shape index (κ3) is 3.10. The van der Waals surface area contributed by atoms with Crippen molar-refractivity contribution in [1.29, 1.82) is 5.26 Å². The monoisotopic (exact) mass is 312 g/mol. The minimum absolute atomic E-state index is 0.279. The van der Waals surface area contributed by atoms with Crippen molar-refractivity contribution in [2.45, 2.75) is 18.9 Å². The van der Waals surface area contributed by atoms with E-state index in [0.717, 1.165) is 24.5 Å². The Morgan fingerprint density at radius 1 is 1.36 bits per heavy atom. The predicted molar refractivity (Wildman–Crippen MR) is 85.8 cm³/mol. The fraction of sp³-hybridized carbons (Fsp3) is 0.312. The number of thiophene rings is 1. The third-order valence-corrected chi connectivity index (χ3v) is 4.42. The van der Waals surface area contributed by atoms with Crippen LogP contribution in [0.5, 0.6) is 0 Å². The highest BCUT2D eigenvalue weighted by atomic mass is 32.1. The molecule has 1 saturated heterocycles. The van der Waals surface area contributed by atoms with Gasteiger partial charge in [-0.1, -0.05) is 0 Å². The van der Waals surface area contributed by atoms with E-state index in [-0.39, 0.29) is 5.91 Å². The Kier molecular flexibility index (Phi) is 4.35. The molecule has 6 heteroatoms. The van der Waals surface area contributed by atoms with E-state index in [2.05, 4.69) is 21.3 Å². The minimum atomic E-state index is -0.628. The Morgan fingerprint density at radius 2 is 2.18 bits per heavy atom. The SMILES string of the molecule is N#CC(NC(=O)c1ccc(N2CCCC2)nc1)c1ccsc1. The van der Waals surface area contributed by atoms with Crippen LogP contribution in [0.4, 0.5) is 5.82 Å². The van der Waals surface area contributed by atoms with Crippen LogP contribution in [0.25, 0.3) is 0 Å². The molecule has 1 atom stereocenters. The van der Waals surface area contributed by atoms with Gasteiger partial charge in [0.05, 0.1) is 11.6 Å². The van der Waals surface area contributed by atoms with Gasteiger partial charge in [-0.15, -0.1) is 0 Å². The molecule has 1 aliphatic heterocycles. The van der Waals surface area contributed by atoms with Crippen molar-refractivity contribution in [3.63, 3.8) is 0 Å². The van der Waals surface area contributed by atoms with Crippen molar-refractivity contribution in [2.75, 3.05) is 18.0 Å². The van der Waals surface area contributed by atoms with Crippen LogP contribution in [-0.2, 0) is 0 Å². The molecule has 0 spiro atoms. The molecule has 0 aromatic carbocycles. The molecular formula is C16H16N4OS. The number of nitrogens with one attached hydrogen (secondary N) is 1. The second-order valence-electron chi connectivity index (χ2n) is 5.19. The van der Waals surface area contributed by atoms with Crippen LogP contribution in [0.1, 0.15) is 34.8 Å². The summed E-state index contributed by atoms with van der Waals surface area (Å²) in [5.74, 6) is 0.627. The number of hydrogen-bond donors (Lipinski definition) is 1. The van der Waals surface area contributed by atoms with Gasteiger partial charge in [-0.25, -0.2) is 4.98 Å². The van der Waals surface area contributed by atoms with E-state index in [9.17, 15) is 10.1 Å². The van der Waals surface area contributed by atoms with E-state index < -0.39 is 6.04 Å². The average Bonchev–Trinajstić information content (AvgIpc) is 3.25. The first kappa shape index (κ1) is 14.5. The molecule has 22 heavy (non-hydrogen) atoms. The lowest BCUT2D eigenvalue weighted by Gasteiger charge is -2.16. The Balaban J connectivity index is 1.68. The molecule has 1 amide bonds. The summed E-state index contributed by atoms with van der Waals surface area (Å²) >= 11 is 1.50. The summed E-state index contributed by atoms with van der Waals surface area (Å²) in [4.78, 5) is 18.8. The smallest absolute Gasteiger partial charge is 0.254 e. The number of nitrogens with zero attached hydrogens (tertiary/aromatic N) is 3. The van der Waals surface area contributed by atoms with Gasteiger partial charge in [-0.05, 0) is 47.4 Å². The largest absolute Gasteiger partial charge is 0.357 e. The average molecular weight is 312 g/mol. The van der Waals surface area contributed by atoms with E-state index >= 15 is 0 Å². The van der Waals surface area contributed by atoms with Gasteiger partial charge in [-0.3, -0.25) is 4.79 Å². The second kappa shape index (κ2) is 6.58. The van der Waals surface area contributed by atoms with Crippen LogP contribution in [0.3, 0.4) is 0 Å². The molecule has 5 nitrogen and oxygen atoms in total. The first-order chi connectivity index (χ1) is 10.8. The summed E-state index contributed by atoms with van der Waals surface area (Å²) in [5, 5.41) is 15.7. The van der Waals surface area contributed by atoms with Gasteiger partial charge in [0, 0.05) is 19.3 Å². The lowest BCUT2D eigenvalue weighted by atomic mass is 10.1. The first-order valence-corrected chi connectivity index (χ1v) is 8.16. The fourth-order valence-electron chi connectivity index (χ4n) is 2.50. The van der Waals surface area contributed by atoms with Crippen molar-refractivity contribution >= 4 is 23.1 Å². The number of rotatable bonds is 4. The van der Waals surface area contributed by atoms with Crippen molar-refractivity contribution in [3.8, 4) is 6.07 Å². The van der Waals surface area contributed by atoms with E-state index in [0.29, 0.717) is 5.56 Å². The maximum atomic E-state index is 12.2. The molecule has 2 aromatic heterocycles. The Labute approximate surface area is 133 Å². The minimum Gasteiger partial charge on any atom is -0.357 e. The van der Waals surface area contributed by atoms with E-state index in [1.54, 1.807) is 12.3 Å². The number of anilines is 1. The van der Waals surface area contributed by atoms with Crippen molar-refractivity contribution in [1.82, 2.24) is 10.3 Å². The number of nitriles is 1. The Hall–Kier alpha value is -2.39. The first-order valence-electron chi connectivity index (χ1n) is 7.21. The number of amides is 1. The molecule has 1 unspecified atom stereocenters. The molecule has 1 aliphatic rings. The normalized spacial score (nSPS) is 15.3. The summed E-state index contributed by atoms with van der Waals surface area (Å²) in [6, 6.07) is 6.95. The maximum absolute atomic E-state index is 12.2. The van der Waals surface area contributed by atoms with Crippen LogP contribution in [0.2, 0.25) is 0 Å². The Bertz CT molecular complexity index is 669. The summed E-state index contributed by atoms with van der Waals surface area (Å²) in [6.07, 6.45) is 3.95. The molecule has 3 rings (SSSR count). The van der Waals surface area contributed by atoms with Crippen LogP contribution >= 0.6 is 11.3 Å². The van der Waals surface area contributed by atoms with Crippen LogP contribution in [-0.4, -0.2) is 24.0 Å². The van der Waals surface area contributed by atoms with Gasteiger partial charge in [0.2, 0.25) is 0 Å². The van der Waals surface area contributed by atoms with Crippen LogP contribution in [0.15, 0.2) is 35.2 Å². The second-order valence-corrected chi connectivity index (χ2v) is 5.97. The van der Waals surface area contributed by atoms with E-state index in [4.69, 9.17) is 0 Å². The molecule has 1 fully saturated rings. The van der Waals surface area contributed by atoms with Crippen molar-refractivity contribution in [3.05, 3.63) is 46.3 Å². The molecule has 0 saturated carbocycles. The topological polar surface area (TPSA) is 69.0 Å². The number of carbonyl (C=O) groups is 1. The van der Waals surface area contributed by atoms with Crippen LogP contribution < -0.4 is 10.2 Å². The molecule has 112 valence electrons. The predicted octanol–water partition coefficient (Wildman–Crippen LogP) is 2.74. The molecule has 0 radical (unpaired) electrons. The van der Waals surface area contributed by atoms with E-state index in [1.807, 2.05) is 22.9 Å². The summed E-state index contributed by atoms with van der Waals surface area (Å²) in [7, 11) is 0. The standard InChI is InChI=1S/C16H16N4OS/c17-9-14(13-5-8-22-11-13)19-16(21)12-3-4-15(18-10-12)20-6-1-2-7-20/h3-5,8,10-11,14H,1-2,6-7H2,(H,19,21). The Morgan fingerprint density at radius 3 is 2.77 bits per heavy atom. The highest BCUT2D eigenvalue weighted by Crippen LogP contribution is 2.19. The van der Waals surface area contributed by atoms with Gasteiger partial charge < -0.3 is 10.2 Å². The van der Waals surface area contributed by atoms with E-state index in [1.165, 1.54) is 24.2 Å². The molecule has 0 bridgehead atoms. The molecule has 0 aliphatic carbocycles. The molecular weight excluding hydrogens is 296 g/mol. The number of pyridine rings is 1. The summed E-state index contributed by atoms with van der Waals surface area (Å²) in [5.41, 5.74) is 1.28. The van der Waals surface area contributed by atoms with Crippen LogP contribution in [0, 0.1) is 11.3 Å². The highest BCUT2D eigenvalue weighted by molar-refractivity contribution is 7.08. The zero-order chi connectivity index (χ0) is 15.4. The lowest BCUT2D eigenvalue weighted by molar-refractivity contribution is 0.0945. The molecule has 1 N–H and O–H groups in total. The number of carbonyl (C=O) groups excluding carboxylic acids is 1. The molecule has 2 aromatic rings. The van der Waals surface area contributed by atoms with Crippen molar-refractivity contribution in [2.24, 2.45) is 0 Å². The van der Waals surface area contributed by atoms with Gasteiger partial charge >= 0.3 is 0 Å². The number of aromatic nitrogens is 1. The lowest BCUT2D eigenvalue weighted by Crippen LogP contribution is -2.27. The summed E-state index contributed by atoms with van der Waals surface area (Å²) in [6.45, 7) is 2.04. The van der Waals surface area contributed by atoms with Gasteiger partial charge in [0.15, 0.2) is 0 Å². The fourth-order valence-corrected chi connectivity index (χ4v) is 3.18.